The number of hydrogen-bond donors (Lipinski definition) is 3. The third-order valence-electron chi connectivity index (χ3n) is 6.74. The molecule has 3 N–H and O–H groups in total. The Bertz CT molecular complexity index is 1270. The lowest BCUT2D eigenvalue weighted by molar-refractivity contribution is -0.385. The summed E-state index contributed by atoms with van der Waals surface area (Å²) in [5, 5.41) is 28.4. The van der Waals surface area contributed by atoms with Crippen LogP contribution in [0, 0.1) is 16.0 Å². The molecule has 0 aromatic heterocycles. The van der Waals surface area contributed by atoms with E-state index in [4.69, 9.17) is 0 Å². The second-order valence-electron chi connectivity index (χ2n) is 8.74. The van der Waals surface area contributed by atoms with E-state index in [1.54, 1.807) is 6.07 Å². The van der Waals surface area contributed by atoms with Crippen LogP contribution >= 0.6 is 0 Å². The molecule has 1 aliphatic heterocycles. The fourth-order valence-electron chi connectivity index (χ4n) is 5.08. The molecular weight excluding hydrogens is 430 g/mol. The number of benzene rings is 3. The van der Waals surface area contributed by atoms with Crippen LogP contribution in [0.25, 0.3) is 0 Å². The van der Waals surface area contributed by atoms with Crippen LogP contribution in [-0.2, 0) is 6.42 Å². The van der Waals surface area contributed by atoms with Gasteiger partial charge in [-0.25, -0.2) is 0 Å². The minimum atomic E-state index is -0.463. The molecular formula is C27H25N3O4. The van der Waals surface area contributed by atoms with Gasteiger partial charge in [0.25, 0.3) is 11.6 Å². The molecule has 1 aliphatic carbocycles. The Kier molecular flexibility index (Phi) is 5.76. The third-order valence-corrected chi connectivity index (χ3v) is 6.74. The summed E-state index contributed by atoms with van der Waals surface area (Å²) in [5.74, 6) is -0.0431. The second kappa shape index (κ2) is 9.02. The predicted octanol–water partition coefficient (Wildman–Crippen LogP) is 5.10. The maximum Gasteiger partial charge on any atom is 0.270 e. The molecule has 3 unspecified atom stereocenters. The van der Waals surface area contributed by atoms with Gasteiger partial charge in [0.2, 0.25) is 0 Å². The molecule has 0 spiro atoms. The van der Waals surface area contributed by atoms with Gasteiger partial charge in [0, 0.05) is 30.2 Å². The van der Waals surface area contributed by atoms with Gasteiger partial charge >= 0.3 is 0 Å². The first-order chi connectivity index (χ1) is 16.5. The number of nitro benzene ring substituents is 1. The first-order valence-corrected chi connectivity index (χ1v) is 11.4. The predicted molar refractivity (Wildman–Crippen MR) is 130 cm³/mol. The molecule has 1 amide bonds. The minimum absolute atomic E-state index is 0.00185. The van der Waals surface area contributed by atoms with Crippen LogP contribution in [0.1, 0.15) is 45.4 Å². The number of carbonyl (C=O) groups is 1. The maximum atomic E-state index is 13.1. The summed E-state index contributed by atoms with van der Waals surface area (Å²) in [5.41, 5.74) is 3.81. The highest BCUT2D eigenvalue weighted by molar-refractivity contribution is 6.00. The number of para-hydroxylation sites is 1. The standard InChI is InChI=1S/C27H25N3O4/c31-24-13-12-18(30(33)34)16-23(24)26-21-9-4-8-19(21)20-10-5-11-22(25(20)29-26)27(32)28-15-14-17-6-2-1-3-7-17/h1-8,10-13,16,19,21,26,29,31H,9,14-15H2,(H,28,32). The topological polar surface area (TPSA) is 104 Å². The van der Waals surface area contributed by atoms with E-state index in [9.17, 15) is 20.0 Å². The highest BCUT2D eigenvalue weighted by atomic mass is 16.6. The van der Waals surface area contributed by atoms with Crippen molar-refractivity contribution in [2.24, 2.45) is 5.92 Å². The number of amides is 1. The van der Waals surface area contributed by atoms with Crippen LogP contribution in [0.2, 0.25) is 0 Å². The molecule has 3 atom stereocenters. The van der Waals surface area contributed by atoms with Gasteiger partial charge in [-0.2, -0.15) is 0 Å². The molecule has 3 aromatic carbocycles. The highest BCUT2D eigenvalue weighted by Crippen LogP contribution is 2.52. The zero-order valence-corrected chi connectivity index (χ0v) is 18.5. The van der Waals surface area contributed by atoms with Crippen molar-refractivity contribution >= 4 is 17.3 Å². The summed E-state index contributed by atoms with van der Waals surface area (Å²) in [6, 6.07) is 19.4. The van der Waals surface area contributed by atoms with Crippen molar-refractivity contribution in [3.63, 3.8) is 0 Å². The number of carbonyl (C=O) groups excluding carboxylic acids is 1. The number of hydrogen-bond acceptors (Lipinski definition) is 5. The first-order valence-electron chi connectivity index (χ1n) is 11.4. The fourth-order valence-corrected chi connectivity index (χ4v) is 5.08. The number of anilines is 1. The first kappa shape index (κ1) is 21.7. The van der Waals surface area contributed by atoms with Crippen molar-refractivity contribution in [3.05, 3.63) is 111 Å². The van der Waals surface area contributed by atoms with E-state index in [1.165, 1.54) is 18.2 Å². The summed E-state index contributed by atoms with van der Waals surface area (Å²) in [6.45, 7) is 0.508. The number of nitrogens with one attached hydrogen (secondary N) is 2. The van der Waals surface area contributed by atoms with E-state index in [2.05, 4.69) is 22.8 Å². The lowest BCUT2D eigenvalue weighted by Crippen LogP contribution is -2.32. The van der Waals surface area contributed by atoms with Gasteiger partial charge in [0.05, 0.1) is 22.2 Å². The number of non-ortho nitro benzene ring substituents is 1. The zero-order valence-electron chi connectivity index (χ0n) is 18.5. The Labute approximate surface area is 197 Å². The number of fused-ring (bicyclic) bond motifs is 3. The minimum Gasteiger partial charge on any atom is -0.508 e. The fraction of sp³-hybridized carbons (Fsp3) is 0.222. The van der Waals surface area contributed by atoms with Crippen molar-refractivity contribution in [3.8, 4) is 5.75 Å². The quantitative estimate of drug-likeness (QED) is 0.273. The van der Waals surface area contributed by atoms with Gasteiger partial charge in [-0.15, -0.1) is 0 Å². The van der Waals surface area contributed by atoms with Crippen LogP contribution < -0.4 is 10.6 Å². The van der Waals surface area contributed by atoms with Crippen LogP contribution in [-0.4, -0.2) is 22.5 Å². The van der Waals surface area contributed by atoms with Crippen molar-refractivity contribution < 1.29 is 14.8 Å². The molecule has 3 aromatic rings. The SMILES string of the molecule is O=C(NCCc1ccccc1)c1cccc2c1NC(c1cc([N+](=O)[O-])ccc1O)C1CC=CC21. The monoisotopic (exact) mass is 455 g/mol. The summed E-state index contributed by atoms with van der Waals surface area (Å²) < 4.78 is 0. The Morgan fingerprint density at radius 1 is 1.09 bits per heavy atom. The summed E-state index contributed by atoms with van der Waals surface area (Å²) in [7, 11) is 0. The van der Waals surface area contributed by atoms with Gasteiger partial charge in [-0.1, -0.05) is 54.6 Å². The number of rotatable bonds is 6. The van der Waals surface area contributed by atoms with Gasteiger partial charge in [0.1, 0.15) is 5.75 Å². The number of nitro groups is 1. The Hall–Kier alpha value is -4.13. The normalized spacial score (nSPS) is 20.2. The largest absolute Gasteiger partial charge is 0.508 e. The second-order valence-corrected chi connectivity index (χ2v) is 8.74. The number of phenols is 1. The molecule has 0 saturated heterocycles. The highest BCUT2D eigenvalue weighted by Gasteiger charge is 2.40. The van der Waals surface area contributed by atoms with E-state index in [-0.39, 0.29) is 35.2 Å². The van der Waals surface area contributed by atoms with Crippen molar-refractivity contribution in [1.82, 2.24) is 5.32 Å². The summed E-state index contributed by atoms with van der Waals surface area (Å²) in [4.78, 5) is 24.0. The Balaban J connectivity index is 1.45. The van der Waals surface area contributed by atoms with Crippen LogP contribution in [0.3, 0.4) is 0 Å². The molecule has 172 valence electrons. The molecule has 1 heterocycles. The Morgan fingerprint density at radius 2 is 1.91 bits per heavy atom. The van der Waals surface area contributed by atoms with Gasteiger partial charge in [-0.3, -0.25) is 14.9 Å². The molecule has 0 radical (unpaired) electrons. The lowest BCUT2D eigenvalue weighted by Gasteiger charge is -2.38. The molecule has 0 saturated carbocycles. The van der Waals surface area contributed by atoms with Crippen LogP contribution in [0.5, 0.6) is 5.75 Å². The smallest absolute Gasteiger partial charge is 0.270 e. The zero-order chi connectivity index (χ0) is 23.7. The Morgan fingerprint density at radius 3 is 2.71 bits per heavy atom. The number of nitrogens with zero attached hydrogens (tertiary/aromatic N) is 1. The van der Waals surface area contributed by atoms with E-state index < -0.39 is 4.92 Å². The van der Waals surface area contributed by atoms with Crippen molar-refractivity contribution in [2.45, 2.75) is 24.8 Å². The van der Waals surface area contributed by atoms with E-state index in [1.807, 2.05) is 42.5 Å². The van der Waals surface area contributed by atoms with Crippen molar-refractivity contribution in [2.75, 3.05) is 11.9 Å². The van der Waals surface area contributed by atoms with E-state index in [0.717, 1.165) is 24.0 Å². The van der Waals surface area contributed by atoms with Crippen molar-refractivity contribution in [1.29, 1.82) is 0 Å². The lowest BCUT2D eigenvalue weighted by atomic mass is 9.76. The van der Waals surface area contributed by atoms with E-state index >= 15 is 0 Å². The van der Waals surface area contributed by atoms with Crippen LogP contribution in [0.4, 0.5) is 11.4 Å². The average molecular weight is 456 g/mol. The van der Waals surface area contributed by atoms with E-state index in [0.29, 0.717) is 23.4 Å². The van der Waals surface area contributed by atoms with Crippen LogP contribution in [0.15, 0.2) is 78.9 Å². The summed E-state index contributed by atoms with van der Waals surface area (Å²) >= 11 is 0. The number of phenolic OH excluding ortho intramolecular Hbond substituents is 1. The average Bonchev–Trinajstić information content (AvgIpc) is 3.34. The maximum absolute atomic E-state index is 13.1. The van der Waals surface area contributed by atoms with Gasteiger partial charge in [0.15, 0.2) is 0 Å². The van der Waals surface area contributed by atoms with Gasteiger partial charge in [-0.05, 0) is 42.0 Å². The number of allylic oxidation sites excluding steroid dienone is 2. The molecule has 0 bridgehead atoms. The molecule has 34 heavy (non-hydrogen) atoms. The number of aromatic hydroxyl groups is 1. The molecule has 7 heteroatoms. The third kappa shape index (κ3) is 4.01. The molecule has 0 fully saturated rings. The molecule has 7 nitrogen and oxygen atoms in total. The summed E-state index contributed by atoms with van der Waals surface area (Å²) in [6.07, 6.45) is 5.73. The molecule has 5 rings (SSSR count). The molecule has 2 aliphatic rings. The van der Waals surface area contributed by atoms with Gasteiger partial charge < -0.3 is 15.7 Å².